The van der Waals surface area contributed by atoms with E-state index in [1.165, 1.54) is 0 Å². The Balaban J connectivity index is 1.76. The molecule has 2 heterocycles. The minimum atomic E-state index is -0.356. The lowest BCUT2D eigenvalue weighted by atomic mass is 9.98. The lowest BCUT2D eigenvalue weighted by molar-refractivity contribution is -0.124. The molecule has 1 amide bonds. The van der Waals surface area contributed by atoms with Gasteiger partial charge in [0, 0.05) is 25.2 Å². The minimum absolute atomic E-state index is 0.123. The largest absolute Gasteiger partial charge is 0.392 e. The Labute approximate surface area is 128 Å². The van der Waals surface area contributed by atoms with E-state index in [-0.39, 0.29) is 18.1 Å². The van der Waals surface area contributed by atoms with Crippen molar-refractivity contribution in [3.8, 4) is 0 Å². The van der Waals surface area contributed by atoms with Crippen LogP contribution in [-0.2, 0) is 4.79 Å². The summed E-state index contributed by atoms with van der Waals surface area (Å²) in [6.07, 6.45) is 5.04. The molecule has 2 aliphatic rings. The standard InChI is InChI=1S/C16H31N3O2/c1-3-18-10-7-14(8-11-18)17-16(21)12-19-9-5-4-6-15(19)13(2)20/h13-15,20H,3-12H2,1-2H3,(H,17,21). The maximum atomic E-state index is 12.3. The van der Waals surface area contributed by atoms with Crippen LogP contribution in [0.3, 0.4) is 0 Å². The highest BCUT2D eigenvalue weighted by Gasteiger charge is 2.28. The average molecular weight is 297 g/mol. The van der Waals surface area contributed by atoms with Gasteiger partial charge in [-0.2, -0.15) is 0 Å². The molecule has 2 aliphatic heterocycles. The van der Waals surface area contributed by atoms with Crippen molar-refractivity contribution in [1.29, 1.82) is 0 Å². The van der Waals surface area contributed by atoms with Gasteiger partial charge in [0.2, 0.25) is 5.91 Å². The third-order valence-corrected chi connectivity index (χ3v) is 4.97. The maximum Gasteiger partial charge on any atom is 0.234 e. The molecule has 0 aromatic heterocycles. The summed E-state index contributed by atoms with van der Waals surface area (Å²) < 4.78 is 0. The predicted molar refractivity (Wildman–Crippen MR) is 84.2 cm³/mol. The van der Waals surface area contributed by atoms with Crippen molar-refractivity contribution >= 4 is 5.91 Å². The maximum absolute atomic E-state index is 12.3. The predicted octanol–water partition coefficient (Wildman–Crippen LogP) is 0.822. The summed E-state index contributed by atoms with van der Waals surface area (Å²) in [5, 5.41) is 13.0. The molecule has 0 saturated carbocycles. The van der Waals surface area contributed by atoms with Crippen molar-refractivity contribution in [2.75, 3.05) is 32.7 Å². The fourth-order valence-corrected chi connectivity index (χ4v) is 3.61. The van der Waals surface area contributed by atoms with Crippen LogP contribution in [0.15, 0.2) is 0 Å². The Kier molecular flexibility index (Phi) is 6.45. The van der Waals surface area contributed by atoms with E-state index in [9.17, 15) is 9.90 Å². The number of carbonyl (C=O) groups excluding carboxylic acids is 1. The number of hydrogen-bond acceptors (Lipinski definition) is 4. The van der Waals surface area contributed by atoms with E-state index in [0.29, 0.717) is 12.6 Å². The fourth-order valence-electron chi connectivity index (χ4n) is 3.61. The highest BCUT2D eigenvalue weighted by molar-refractivity contribution is 5.78. The lowest BCUT2D eigenvalue weighted by Crippen LogP contribution is -2.52. The molecule has 5 heteroatoms. The van der Waals surface area contributed by atoms with Crippen LogP contribution in [-0.4, -0.2) is 71.7 Å². The number of amides is 1. The van der Waals surface area contributed by atoms with Crippen molar-refractivity contribution in [3.63, 3.8) is 0 Å². The van der Waals surface area contributed by atoms with Crippen LogP contribution in [0, 0.1) is 0 Å². The first-order valence-corrected chi connectivity index (χ1v) is 8.54. The van der Waals surface area contributed by atoms with Crippen LogP contribution in [0.5, 0.6) is 0 Å². The molecule has 5 nitrogen and oxygen atoms in total. The summed E-state index contributed by atoms with van der Waals surface area (Å²) in [6, 6.07) is 0.474. The van der Waals surface area contributed by atoms with Gasteiger partial charge in [0.15, 0.2) is 0 Å². The summed E-state index contributed by atoms with van der Waals surface area (Å²) in [6.45, 7) is 8.65. The van der Waals surface area contributed by atoms with Crippen LogP contribution in [0.4, 0.5) is 0 Å². The molecule has 0 aromatic rings. The van der Waals surface area contributed by atoms with Crippen molar-refractivity contribution < 1.29 is 9.90 Å². The first-order valence-electron chi connectivity index (χ1n) is 8.54. The Morgan fingerprint density at radius 1 is 1.24 bits per heavy atom. The fraction of sp³-hybridized carbons (Fsp3) is 0.938. The molecule has 0 radical (unpaired) electrons. The number of nitrogens with zero attached hydrogens (tertiary/aromatic N) is 2. The van der Waals surface area contributed by atoms with Crippen molar-refractivity contribution in [2.45, 2.75) is 64.1 Å². The average Bonchev–Trinajstić information content (AvgIpc) is 2.48. The van der Waals surface area contributed by atoms with Gasteiger partial charge in [-0.15, -0.1) is 0 Å². The summed E-state index contributed by atoms with van der Waals surface area (Å²) in [5.74, 6) is 0.123. The Morgan fingerprint density at radius 3 is 2.57 bits per heavy atom. The summed E-state index contributed by atoms with van der Waals surface area (Å²) in [4.78, 5) is 16.8. The molecule has 2 saturated heterocycles. The quantitative estimate of drug-likeness (QED) is 0.789. The molecular formula is C16H31N3O2. The zero-order valence-electron chi connectivity index (χ0n) is 13.6. The van der Waals surface area contributed by atoms with Crippen LogP contribution in [0.25, 0.3) is 0 Å². The van der Waals surface area contributed by atoms with Crippen molar-refractivity contribution in [3.05, 3.63) is 0 Å². The monoisotopic (exact) mass is 297 g/mol. The third-order valence-electron chi connectivity index (χ3n) is 4.97. The van der Waals surface area contributed by atoms with Crippen LogP contribution >= 0.6 is 0 Å². The van der Waals surface area contributed by atoms with Gasteiger partial charge < -0.3 is 15.3 Å². The molecule has 21 heavy (non-hydrogen) atoms. The van der Waals surface area contributed by atoms with E-state index >= 15 is 0 Å². The molecule has 2 rings (SSSR count). The van der Waals surface area contributed by atoms with E-state index in [4.69, 9.17) is 0 Å². The van der Waals surface area contributed by atoms with E-state index in [2.05, 4.69) is 22.0 Å². The molecule has 2 N–H and O–H groups in total. The molecule has 2 unspecified atom stereocenters. The van der Waals surface area contributed by atoms with E-state index in [1.807, 2.05) is 6.92 Å². The Hall–Kier alpha value is -0.650. The highest BCUT2D eigenvalue weighted by atomic mass is 16.3. The van der Waals surface area contributed by atoms with E-state index < -0.39 is 0 Å². The van der Waals surface area contributed by atoms with Crippen LogP contribution in [0.1, 0.15) is 46.0 Å². The van der Waals surface area contributed by atoms with Gasteiger partial charge in [0.1, 0.15) is 0 Å². The number of hydrogen-bond donors (Lipinski definition) is 2. The number of nitrogens with one attached hydrogen (secondary N) is 1. The zero-order valence-corrected chi connectivity index (χ0v) is 13.6. The van der Waals surface area contributed by atoms with Gasteiger partial charge in [-0.05, 0) is 45.7 Å². The number of carbonyl (C=O) groups is 1. The molecule has 0 spiro atoms. The van der Waals surface area contributed by atoms with Gasteiger partial charge in [-0.1, -0.05) is 13.3 Å². The van der Waals surface area contributed by atoms with Gasteiger partial charge in [0.25, 0.3) is 0 Å². The smallest absolute Gasteiger partial charge is 0.234 e. The number of likely N-dealkylation sites (tertiary alicyclic amines) is 2. The second kappa shape index (κ2) is 8.11. The second-order valence-electron chi connectivity index (χ2n) is 6.55. The SMILES string of the molecule is CCN1CCC(NC(=O)CN2CCCCC2C(C)O)CC1. The molecule has 0 aromatic carbocycles. The third kappa shape index (κ3) is 4.94. The number of aliphatic hydroxyl groups is 1. The van der Waals surface area contributed by atoms with Gasteiger partial charge in [-0.3, -0.25) is 9.69 Å². The van der Waals surface area contributed by atoms with Crippen LogP contribution in [0.2, 0.25) is 0 Å². The van der Waals surface area contributed by atoms with Gasteiger partial charge in [-0.25, -0.2) is 0 Å². The van der Waals surface area contributed by atoms with Crippen LogP contribution < -0.4 is 5.32 Å². The highest BCUT2D eigenvalue weighted by Crippen LogP contribution is 2.19. The van der Waals surface area contributed by atoms with Crippen molar-refractivity contribution in [1.82, 2.24) is 15.1 Å². The van der Waals surface area contributed by atoms with Gasteiger partial charge in [0.05, 0.1) is 12.6 Å². The Morgan fingerprint density at radius 2 is 1.95 bits per heavy atom. The topological polar surface area (TPSA) is 55.8 Å². The normalized spacial score (nSPS) is 27.5. The second-order valence-corrected chi connectivity index (χ2v) is 6.55. The van der Waals surface area contributed by atoms with Crippen molar-refractivity contribution in [2.24, 2.45) is 0 Å². The zero-order chi connectivity index (χ0) is 15.2. The summed E-state index contributed by atoms with van der Waals surface area (Å²) in [7, 11) is 0. The number of piperidine rings is 2. The lowest BCUT2D eigenvalue weighted by Gasteiger charge is -2.37. The molecule has 0 aliphatic carbocycles. The molecular weight excluding hydrogens is 266 g/mol. The van der Waals surface area contributed by atoms with Gasteiger partial charge >= 0.3 is 0 Å². The van der Waals surface area contributed by atoms with E-state index in [0.717, 1.165) is 58.3 Å². The molecule has 2 atom stereocenters. The summed E-state index contributed by atoms with van der Waals surface area (Å²) >= 11 is 0. The minimum Gasteiger partial charge on any atom is -0.392 e. The number of aliphatic hydroxyl groups excluding tert-OH is 1. The number of rotatable bonds is 5. The molecule has 0 bridgehead atoms. The first kappa shape index (κ1) is 16.7. The first-order chi connectivity index (χ1) is 10.1. The molecule has 122 valence electrons. The molecule has 2 fully saturated rings. The van der Waals surface area contributed by atoms with E-state index in [1.54, 1.807) is 0 Å². The summed E-state index contributed by atoms with van der Waals surface area (Å²) in [5.41, 5.74) is 0. The Bertz CT molecular complexity index is 327.